The van der Waals surface area contributed by atoms with Gasteiger partial charge in [-0.25, -0.2) is 0 Å². The van der Waals surface area contributed by atoms with E-state index in [0.29, 0.717) is 19.4 Å². The molecule has 0 aromatic carbocycles. The van der Waals surface area contributed by atoms with Gasteiger partial charge in [-0.2, -0.15) is 13.2 Å². The van der Waals surface area contributed by atoms with Crippen molar-refractivity contribution in [3.05, 3.63) is 23.8 Å². The van der Waals surface area contributed by atoms with Crippen molar-refractivity contribution >= 4 is 6.21 Å². The largest absolute Gasteiger partial charge is 0.416 e. The molecule has 1 atom stereocenters. The van der Waals surface area contributed by atoms with E-state index < -0.39 is 11.7 Å². The molecule has 0 amide bonds. The highest BCUT2D eigenvalue weighted by atomic mass is 19.4. The van der Waals surface area contributed by atoms with Crippen molar-refractivity contribution in [3.63, 3.8) is 0 Å². The van der Waals surface area contributed by atoms with Gasteiger partial charge >= 0.3 is 6.18 Å². The van der Waals surface area contributed by atoms with Gasteiger partial charge in [0.2, 0.25) is 0 Å². The van der Waals surface area contributed by atoms with Crippen LogP contribution >= 0.6 is 0 Å². The molecule has 1 aliphatic heterocycles. The Morgan fingerprint density at radius 2 is 2.07 bits per heavy atom. The first-order valence-corrected chi connectivity index (χ1v) is 4.94. The normalized spacial score (nSPS) is 31.5. The second kappa shape index (κ2) is 5.14. The lowest BCUT2D eigenvalue weighted by Gasteiger charge is -2.11. The highest BCUT2D eigenvalue weighted by molar-refractivity contribution is 5.57. The van der Waals surface area contributed by atoms with Gasteiger partial charge in [-0.05, 0) is 25.0 Å². The Labute approximate surface area is 87.4 Å². The van der Waals surface area contributed by atoms with Gasteiger partial charge in [-0.1, -0.05) is 25.2 Å². The van der Waals surface area contributed by atoms with Crippen LogP contribution in [0.25, 0.3) is 0 Å². The summed E-state index contributed by atoms with van der Waals surface area (Å²) in [5.74, 6) is -0.180. The third-order valence-electron chi connectivity index (χ3n) is 2.07. The fourth-order valence-electron chi connectivity index (χ4n) is 1.32. The molecule has 0 bridgehead atoms. The van der Waals surface area contributed by atoms with Gasteiger partial charge in [0.05, 0.1) is 5.57 Å². The van der Waals surface area contributed by atoms with Crippen LogP contribution in [0.2, 0.25) is 0 Å². The van der Waals surface area contributed by atoms with Crippen LogP contribution in [0, 0.1) is 5.92 Å². The van der Waals surface area contributed by atoms with E-state index in [-0.39, 0.29) is 5.92 Å². The molecule has 0 N–H and O–H groups in total. The minimum atomic E-state index is -4.26. The molecule has 1 unspecified atom stereocenters. The van der Waals surface area contributed by atoms with E-state index in [9.17, 15) is 13.2 Å². The third kappa shape index (κ3) is 4.32. The molecule has 1 aliphatic rings. The average Bonchev–Trinajstić information content (AvgIpc) is 2.13. The smallest absolute Gasteiger partial charge is 0.297 e. The molecule has 0 aliphatic carbocycles. The number of halogens is 3. The Morgan fingerprint density at radius 3 is 2.73 bits per heavy atom. The van der Waals surface area contributed by atoms with E-state index in [1.807, 2.05) is 0 Å². The predicted octanol–water partition coefficient (Wildman–Crippen LogP) is 3.53. The number of allylic oxidation sites excluding steroid dienone is 3. The van der Waals surface area contributed by atoms with Crippen molar-refractivity contribution < 1.29 is 13.2 Å². The molecule has 1 rings (SSSR count). The molecule has 4 heteroatoms. The van der Waals surface area contributed by atoms with Crippen molar-refractivity contribution in [2.75, 3.05) is 6.54 Å². The molecular weight excluding hydrogens is 203 g/mol. The molecule has 0 fully saturated rings. The SMILES string of the molecule is CC1/C=C(C(F)(F)F)\C=C/CC/C=N\C1. The van der Waals surface area contributed by atoms with Crippen LogP contribution in [0.4, 0.5) is 13.2 Å². The molecule has 15 heavy (non-hydrogen) atoms. The van der Waals surface area contributed by atoms with Gasteiger partial charge in [0.1, 0.15) is 0 Å². The molecule has 0 spiro atoms. The van der Waals surface area contributed by atoms with Crippen molar-refractivity contribution in [1.29, 1.82) is 0 Å². The Bertz CT molecular complexity index is 287. The summed E-state index contributed by atoms with van der Waals surface area (Å²) < 4.78 is 37.5. The van der Waals surface area contributed by atoms with Crippen LogP contribution in [0.5, 0.6) is 0 Å². The fraction of sp³-hybridized carbons (Fsp3) is 0.545. The maximum atomic E-state index is 12.5. The van der Waals surface area contributed by atoms with Crippen molar-refractivity contribution in [3.8, 4) is 0 Å². The molecular formula is C11H14F3N. The molecule has 84 valence electrons. The summed E-state index contributed by atoms with van der Waals surface area (Å²) in [4.78, 5) is 4.06. The van der Waals surface area contributed by atoms with Crippen LogP contribution < -0.4 is 0 Å². The number of hydrogen-bond acceptors (Lipinski definition) is 1. The van der Waals surface area contributed by atoms with Crippen LogP contribution in [0.1, 0.15) is 19.8 Å². The summed E-state index contributed by atoms with van der Waals surface area (Å²) in [6.07, 6.45) is 2.76. The summed E-state index contributed by atoms with van der Waals surface area (Å²) in [6.45, 7) is 2.16. The van der Waals surface area contributed by atoms with E-state index in [0.717, 1.165) is 6.08 Å². The number of nitrogens with zero attached hydrogens (tertiary/aromatic N) is 1. The molecule has 0 saturated heterocycles. The lowest BCUT2D eigenvalue weighted by atomic mass is 10.1. The maximum absolute atomic E-state index is 12.5. The van der Waals surface area contributed by atoms with E-state index in [2.05, 4.69) is 4.99 Å². The van der Waals surface area contributed by atoms with E-state index in [4.69, 9.17) is 0 Å². The first-order chi connectivity index (χ1) is 7.00. The average molecular weight is 217 g/mol. The highest BCUT2D eigenvalue weighted by Crippen LogP contribution is 2.28. The second-order valence-electron chi connectivity index (χ2n) is 3.62. The third-order valence-corrected chi connectivity index (χ3v) is 2.07. The molecule has 0 aromatic heterocycles. The Balaban J connectivity index is 2.89. The minimum absolute atomic E-state index is 0.180. The summed E-state index contributed by atoms with van der Waals surface area (Å²) in [6, 6.07) is 0. The quantitative estimate of drug-likeness (QED) is 0.588. The lowest BCUT2D eigenvalue weighted by Crippen LogP contribution is -2.12. The van der Waals surface area contributed by atoms with Gasteiger partial charge in [0.25, 0.3) is 0 Å². The van der Waals surface area contributed by atoms with Gasteiger partial charge in [-0.15, -0.1) is 0 Å². The lowest BCUT2D eigenvalue weighted by molar-refractivity contribution is -0.0886. The number of aliphatic imine (C=N–C) groups is 1. The van der Waals surface area contributed by atoms with Gasteiger partial charge in [0, 0.05) is 6.54 Å². The number of alkyl halides is 3. The summed E-state index contributed by atoms with van der Waals surface area (Å²) in [5.41, 5.74) is -0.563. The van der Waals surface area contributed by atoms with Crippen molar-refractivity contribution in [2.45, 2.75) is 25.9 Å². The zero-order valence-electron chi connectivity index (χ0n) is 8.59. The Kier molecular flexibility index (Phi) is 4.12. The zero-order valence-corrected chi connectivity index (χ0v) is 8.59. The van der Waals surface area contributed by atoms with Crippen LogP contribution in [0.15, 0.2) is 28.8 Å². The molecule has 1 nitrogen and oxygen atoms in total. The first kappa shape index (κ1) is 12.0. The van der Waals surface area contributed by atoms with Crippen molar-refractivity contribution in [2.24, 2.45) is 10.9 Å². The summed E-state index contributed by atoms with van der Waals surface area (Å²) in [7, 11) is 0. The van der Waals surface area contributed by atoms with Gasteiger partial charge < -0.3 is 0 Å². The minimum Gasteiger partial charge on any atom is -0.297 e. The summed E-state index contributed by atoms with van der Waals surface area (Å²) in [5, 5.41) is 0. The number of rotatable bonds is 0. The van der Waals surface area contributed by atoms with Crippen LogP contribution in [0.3, 0.4) is 0 Å². The second-order valence-corrected chi connectivity index (χ2v) is 3.62. The van der Waals surface area contributed by atoms with Crippen LogP contribution in [-0.2, 0) is 0 Å². The summed E-state index contributed by atoms with van der Waals surface area (Å²) >= 11 is 0. The predicted molar refractivity (Wildman–Crippen MR) is 55.0 cm³/mol. The fourth-order valence-corrected chi connectivity index (χ4v) is 1.32. The number of hydrogen-bond donors (Lipinski definition) is 0. The zero-order chi connectivity index (χ0) is 11.3. The first-order valence-electron chi connectivity index (χ1n) is 4.94. The highest BCUT2D eigenvalue weighted by Gasteiger charge is 2.31. The van der Waals surface area contributed by atoms with E-state index in [1.165, 1.54) is 6.08 Å². The van der Waals surface area contributed by atoms with E-state index in [1.54, 1.807) is 19.2 Å². The monoisotopic (exact) mass is 217 g/mol. The van der Waals surface area contributed by atoms with Gasteiger partial charge in [0.15, 0.2) is 0 Å². The van der Waals surface area contributed by atoms with Gasteiger partial charge in [-0.3, -0.25) is 4.99 Å². The van der Waals surface area contributed by atoms with Crippen molar-refractivity contribution in [1.82, 2.24) is 0 Å². The standard InChI is InChI=1S/C11H14F3N/c1-9-7-10(11(12,13)14)5-3-2-4-6-15-8-9/h3,5-7,9H,2,4,8H2,1H3/b5-3-,10-7+,15-6-. The molecule has 1 heterocycles. The molecule has 0 aromatic rings. The topological polar surface area (TPSA) is 12.4 Å². The maximum Gasteiger partial charge on any atom is 0.416 e. The van der Waals surface area contributed by atoms with Crippen LogP contribution in [-0.4, -0.2) is 18.9 Å². The molecule has 0 saturated carbocycles. The Hall–Kier alpha value is -1.06. The Morgan fingerprint density at radius 1 is 1.33 bits per heavy atom. The molecule has 0 radical (unpaired) electrons. The van der Waals surface area contributed by atoms with E-state index >= 15 is 0 Å².